The van der Waals surface area contributed by atoms with Gasteiger partial charge in [0.2, 0.25) is 0 Å². The Morgan fingerprint density at radius 2 is 1.90 bits per heavy atom. The molecule has 0 aliphatic carbocycles. The fraction of sp³-hybridized carbons (Fsp3) is 0.316. The molecule has 2 aliphatic heterocycles. The summed E-state index contributed by atoms with van der Waals surface area (Å²) in [6.45, 7) is 0.562. The van der Waals surface area contributed by atoms with Crippen molar-refractivity contribution in [3.8, 4) is 11.5 Å². The minimum atomic E-state index is -4.96. The average Bonchev–Trinajstić information content (AvgIpc) is 2.76. The van der Waals surface area contributed by atoms with Crippen LogP contribution in [-0.2, 0) is 4.79 Å². The quantitative estimate of drug-likeness (QED) is 0.494. The Bertz CT molecular complexity index is 987. The average molecular weight is 510 g/mol. The van der Waals surface area contributed by atoms with Crippen LogP contribution < -0.4 is 15.0 Å². The molecule has 1 amide bonds. The molecule has 2 aromatic rings. The Balaban J connectivity index is 1.85. The molecule has 1 N–H and O–H groups in total. The van der Waals surface area contributed by atoms with Crippen LogP contribution in [0.4, 0.5) is 18.9 Å². The Labute approximate surface area is 183 Å². The normalized spacial score (nSPS) is 20.7. The fourth-order valence-corrected chi connectivity index (χ4v) is 4.49. The van der Waals surface area contributed by atoms with Crippen LogP contribution in [0, 0.1) is 0 Å². The Kier molecular flexibility index (Phi) is 5.38. The first-order valence-corrected chi connectivity index (χ1v) is 10.3. The molecule has 4 rings (SSSR count). The molecule has 0 saturated carbocycles. The molecule has 0 radical (unpaired) electrons. The van der Waals surface area contributed by atoms with Gasteiger partial charge < -0.3 is 15.0 Å². The second-order valence-electron chi connectivity index (χ2n) is 6.88. The number of ether oxygens (including phenoxy) is 1. The summed E-state index contributed by atoms with van der Waals surface area (Å²) in [5.41, 5.74) is 1.28. The number of halogens is 6. The van der Waals surface area contributed by atoms with Gasteiger partial charge in [0, 0.05) is 22.6 Å². The highest BCUT2D eigenvalue weighted by Crippen LogP contribution is 2.50. The van der Waals surface area contributed by atoms with E-state index < -0.39 is 24.2 Å². The van der Waals surface area contributed by atoms with Gasteiger partial charge in [-0.3, -0.25) is 4.79 Å². The molecule has 4 nitrogen and oxygen atoms in total. The molecular formula is C19H14BrCl2F3N2O2. The van der Waals surface area contributed by atoms with Crippen molar-refractivity contribution in [2.75, 3.05) is 11.4 Å². The van der Waals surface area contributed by atoms with E-state index in [0.29, 0.717) is 52.2 Å². The highest BCUT2D eigenvalue weighted by atomic mass is 79.9. The highest BCUT2D eigenvalue weighted by molar-refractivity contribution is 9.10. The van der Waals surface area contributed by atoms with E-state index in [9.17, 15) is 18.0 Å². The summed E-state index contributed by atoms with van der Waals surface area (Å²) in [5.74, 6) is -1.04. The van der Waals surface area contributed by atoms with E-state index >= 15 is 0 Å². The van der Waals surface area contributed by atoms with Gasteiger partial charge in [0.15, 0.2) is 5.75 Å². The van der Waals surface area contributed by atoms with E-state index in [4.69, 9.17) is 27.9 Å². The standard InChI is InChI=1S/C19H14BrCl2F3N2O2/c20-9-3-4-10-15(6-9)29-16-8-12(22)11(21)7-14(16)27-5-1-2-13(17(10)27)26-18(28)19(23,24)25/h3-4,6-8,13,17H,1-2,5H2,(H,26,28). The number of benzene rings is 2. The molecule has 29 heavy (non-hydrogen) atoms. The first kappa shape index (κ1) is 20.6. The molecular weight excluding hydrogens is 496 g/mol. The number of anilines is 1. The molecule has 0 bridgehead atoms. The summed E-state index contributed by atoms with van der Waals surface area (Å²) in [6, 6.07) is 7.21. The molecule has 2 unspecified atom stereocenters. The van der Waals surface area contributed by atoms with Crippen molar-refractivity contribution in [1.82, 2.24) is 5.32 Å². The summed E-state index contributed by atoms with van der Waals surface area (Å²) in [6.07, 6.45) is -3.97. The minimum Gasteiger partial charge on any atom is -0.455 e. The van der Waals surface area contributed by atoms with Gasteiger partial charge in [0.25, 0.3) is 0 Å². The summed E-state index contributed by atoms with van der Waals surface area (Å²) in [4.78, 5) is 13.6. The smallest absolute Gasteiger partial charge is 0.455 e. The predicted octanol–water partition coefficient (Wildman–Crippen LogP) is 6.25. The predicted molar refractivity (Wildman–Crippen MR) is 108 cm³/mol. The fourth-order valence-electron chi connectivity index (χ4n) is 3.84. The summed E-state index contributed by atoms with van der Waals surface area (Å²) in [5, 5.41) is 2.78. The van der Waals surface area contributed by atoms with Crippen molar-refractivity contribution in [2.24, 2.45) is 0 Å². The number of nitrogens with zero attached hydrogens (tertiary/aromatic N) is 1. The van der Waals surface area contributed by atoms with Crippen LogP contribution in [0.2, 0.25) is 10.0 Å². The van der Waals surface area contributed by atoms with Crippen molar-refractivity contribution in [2.45, 2.75) is 31.1 Å². The van der Waals surface area contributed by atoms with Gasteiger partial charge in [-0.25, -0.2) is 0 Å². The maximum absolute atomic E-state index is 12.9. The minimum absolute atomic E-state index is 0.305. The van der Waals surface area contributed by atoms with Crippen LogP contribution in [0.25, 0.3) is 0 Å². The third-order valence-corrected chi connectivity index (χ3v) is 6.25. The molecule has 2 aromatic carbocycles. The number of hydrogen-bond donors (Lipinski definition) is 1. The molecule has 10 heteroatoms. The Morgan fingerprint density at radius 3 is 2.62 bits per heavy atom. The molecule has 2 atom stereocenters. The van der Waals surface area contributed by atoms with Crippen molar-refractivity contribution >= 4 is 50.7 Å². The lowest BCUT2D eigenvalue weighted by Gasteiger charge is -2.42. The van der Waals surface area contributed by atoms with E-state index in [2.05, 4.69) is 21.2 Å². The van der Waals surface area contributed by atoms with Crippen LogP contribution in [0.3, 0.4) is 0 Å². The van der Waals surface area contributed by atoms with Gasteiger partial charge in [-0.1, -0.05) is 45.2 Å². The second-order valence-corrected chi connectivity index (χ2v) is 8.61. The third kappa shape index (κ3) is 3.90. The first-order chi connectivity index (χ1) is 13.6. The first-order valence-electron chi connectivity index (χ1n) is 8.76. The molecule has 2 aliphatic rings. The van der Waals surface area contributed by atoms with Crippen molar-refractivity contribution < 1.29 is 22.7 Å². The zero-order chi connectivity index (χ0) is 20.9. The van der Waals surface area contributed by atoms with Gasteiger partial charge >= 0.3 is 12.1 Å². The number of rotatable bonds is 1. The Morgan fingerprint density at radius 1 is 1.17 bits per heavy atom. The maximum Gasteiger partial charge on any atom is 0.471 e. The third-order valence-electron chi connectivity index (χ3n) is 5.03. The maximum atomic E-state index is 12.9. The van der Waals surface area contributed by atoms with Crippen LogP contribution in [-0.4, -0.2) is 24.7 Å². The molecule has 1 saturated heterocycles. The largest absolute Gasteiger partial charge is 0.471 e. The van der Waals surface area contributed by atoms with Crippen molar-refractivity contribution in [3.05, 3.63) is 50.4 Å². The zero-order valence-corrected chi connectivity index (χ0v) is 17.8. The summed E-state index contributed by atoms with van der Waals surface area (Å²) in [7, 11) is 0. The summed E-state index contributed by atoms with van der Waals surface area (Å²) >= 11 is 15.8. The lowest BCUT2D eigenvalue weighted by atomic mass is 9.89. The number of alkyl halides is 3. The van der Waals surface area contributed by atoms with Gasteiger partial charge in [0.1, 0.15) is 5.75 Å². The molecule has 0 aromatic heterocycles. The van der Waals surface area contributed by atoms with E-state index in [1.165, 1.54) is 0 Å². The zero-order valence-electron chi connectivity index (χ0n) is 14.7. The summed E-state index contributed by atoms with van der Waals surface area (Å²) < 4.78 is 45.5. The van der Waals surface area contributed by atoms with Crippen molar-refractivity contribution in [1.29, 1.82) is 0 Å². The lowest BCUT2D eigenvalue weighted by molar-refractivity contribution is -0.174. The van der Waals surface area contributed by atoms with Gasteiger partial charge in [-0.2, -0.15) is 13.2 Å². The monoisotopic (exact) mass is 508 g/mol. The molecule has 2 heterocycles. The van der Waals surface area contributed by atoms with Crippen LogP contribution >= 0.6 is 39.1 Å². The number of fused-ring (bicyclic) bond motifs is 5. The van der Waals surface area contributed by atoms with Gasteiger partial charge in [-0.15, -0.1) is 0 Å². The lowest BCUT2D eigenvalue weighted by Crippen LogP contribution is -2.52. The van der Waals surface area contributed by atoms with E-state index in [1.807, 2.05) is 4.90 Å². The number of piperidine rings is 1. The van der Waals surface area contributed by atoms with Crippen molar-refractivity contribution in [3.63, 3.8) is 0 Å². The van der Waals surface area contributed by atoms with Crippen LogP contribution in [0.15, 0.2) is 34.8 Å². The number of hydrogen-bond acceptors (Lipinski definition) is 3. The second kappa shape index (κ2) is 7.56. The van der Waals surface area contributed by atoms with Crippen LogP contribution in [0.5, 0.6) is 11.5 Å². The van der Waals surface area contributed by atoms with E-state index in [1.54, 1.807) is 30.3 Å². The van der Waals surface area contributed by atoms with Crippen LogP contribution in [0.1, 0.15) is 24.4 Å². The topological polar surface area (TPSA) is 41.6 Å². The molecule has 0 spiro atoms. The highest BCUT2D eigenvalue weighted by Gasteiger charge is 2.44. The molecule has 154 valence electrons. The number of amides is 1. The Hall–Kier alpha value is -1.64. The van der Waals surface area contributed by atoms with Gasteiger partial charge in [-0.05, 0) is 31.0 Å². The van der Waals surface area contributed by atoms with E-state index in [0.717, 1.165) is 4.47 Å². The van der Waals surface area contributed by atoms with E-state index in [-0.39, 0.29) is 0 Å². The number of carbonyl (C=O) groups excluding carboxylic acids is 1. The molecule has 1 fully saturated rings. The SMILES string of the molecule is O=C(NC1CCCN2c3cc(Cl)c(Cl)cc3Oc3cc(Br)ccc3C12)C(F)(F)F. The number of carbonyl (C=O) groups is 1. The van der Waals surface area contributed by atoms with Gasteiger partial charge in [0.05, 0.1) is 27.8 Å². The number of nitrogens with one attached hydrogen (secondary N) is 1.